The first kappa shape index (κ1) is 12.9. The first-order chi connectivity index (χ1) is 8.61. The molecular weight excluding hydrogens is 222 g/mol. The first-order valence-corrected chi connectivity index (χ1v) is 6.73. The van der Waals surface area contributed by atoms with Crippen molar-refractivity contribution in [1.82, 2.24) is 4.98 Å². The third kappa shape index (κ3) is 2.64. The highest BCUT2D eigenvalue weighted by Crippen LogP contribution is 2.31. The van der Waals surface area contributed by atoms with Gasteiger partial charge in [0.15, 0.2) is 0 Å². The predicted octanol–water partition coefficient (Wildman–Crippen LogP) is 3.07. The van der Waals surface area contributed by atoms with Crippen LogP contribution < -0.4 is 4.90 Å². The van der Waals surface area contributed by atoms with Gasteiger partial charge in [0, 0.05) is 19.3 Å². The molecule has 3 nitrogen and oxygen atoms in total. The van der Waals surface area contributed by atoms with Crippen LogP contribution in [0.15, 0.2) is 18.3 Å². The van der Waals surface area contributed by atoms with Crippen molar-refractivity contribution in [2.75, 3.05) is 18.0 Å². The molecule has 0 saturated carbocycles. The molecule has 1 aliphatic rings. The van der Waals surface area contributed by atoms with E-state index >= 15 is 0 Å². The molecule has 96 valence electrons. The minimum absolute atomic E-state index is 0.629. The normalized spacial score (nSPS) is 24.1. The summed E-state index contributed by atoms with van der Waals surface area (Å²) in [5.74, 6) is 3.29. The molecule has 2 atom stereocenters. The summed E-state index contributed by atoms with van der Waals surface area (Å²) in [4.78, 5) is 6.72. The lowest BCUT2D eigenvalue weighted by molar-refractivity contribution is 0.228. The van der Waals surface area contributed by atoms with Gasteiger partial charge in [-0.25, -0.2) is 4.98 Å². The molecule has 2 rings (SSSR count). The number of piperidine rings is 1. The van der Waals surface area contributed by atoms with Crippen LogP contribution in [0, 0.1) is 29.1 Å². The molecule has 0 N–H and O–H groups in total. The molecule has 0 radical (unpaired) electrons. The molecule has 1 aromatic rings. The Bertz CT molecular complexity index is 430. The topological polar surface area (TPSA) is 39.9 Å². The Labute approximate surface area is 109 Å². The highest BCUT2D eigenvalue weighted by Gasteiger charge is 2.28. The summed E-state index contributed by atoms with van der Waals surface area (Å²) in [5.41, 5.74) is 0.629. The molecule has 0 aliphatic carbocycles. The van der Waals surface area contributed by atoms with Crippen LogP contribution in [-0.4, -0.2) is 18.1 Å². The average Bonchev–Trinajstić information content (AvgIpc) is 2.38. The molecular formula is C15H21N3. The number of rotatable bonds is 2. The van der Waals surface area contributed by atoms with Gasteiger partial charge in [-0.3, -0.25) is 0 Å². The Hall–Kier alpha value is -1.56. The minimum atomic E-state index is 0.629. The molecule has 1 aromatic heterocycles. The number of aromatic nitrogens is 1. The van der Waals surface area contributed by atoms with E-state index in [4.69, 9.17) is 5.26 Å². The van der Waals surface area contributed by atoms with E-state index in [2.05, 4.69) is 36.7 Å². The maximum Gasteiger partial charge on any atom is 0.128 e. The van der Waals surface area contributed by atoms with Crippen molar-refractivity contribution in [3.05, 3.63) is 23.9 Å². The lowest BCUT2D eigenvalue weighted by Gasteiger charge is -2.39. The van der Waals surface area contributed by atoms with E-state index in [-0.39, 0.29) is 0 Å². The van der Waals surface area contributed by atoms with Gasteiger partial charge >= 0.3 is 0 Å². The van der Waals surface area contributed by atoms with Crippen molar-refractivity contribution in [2.45, 2.75) is 27.2 Å². The third-order valence-corrected chi connectivity index (χ3v) is 4.03. The van der Waals surface area contributed by atoms with E-state index in [1.54, 1.807) is 6.20 Å². The highest BCUT2D eigenvalue weighted by atomic mass is 15.2. The third-order valence-electron chi connectivity index (χ3n) is 4.03. The van der Waals surface area contributed by atoms with Crippen LogP contribution in [-0.2, 0) is 0 Å². The molecule has 18 heavy (non-hydrogen) atoms. The van der Waals surface area contributed by atoms with E-state index in [0.717, 1.165) is 30.7 Å². The van der Waals surface area contributed by atoms with Crippen LogP contribution in [0.1, 0.15) is 32.8 Å². The number of hydrogen-bond acceptors (Lipinski definition) is 3. The Morgan fingerprint density at radius 2 is 2.22 bits per heavy atom. The van der Waals surface area contributed by atoms with E-state index in [9.17, 15) is 0 Å². The zero-order valence-corrected chi connectivity index (χ0v) is 11.4. The smallest absolute Gasteiger partial charge is 0.128 e. The molecule has 1 saturated heterocycles. The number of nitriles is 1. The lowest BCUT2D eigenvalue weighted by atomic mass is 9.79. The standard InChI is InChI=1S/C15H21N3/c1-11(2)14-6-7-18(10-12(14)3)15-5-4-13(8-16)9-17-15/h4-5,9,11-12,14H,6-7,10H2,1-3H3/t12-,14-/m1/s1. The molecule has 2 heterocycles. The van der Waals surface area contributed by atoms with E-state index in [0.29, 0.717) is 11.5 Å². The summed E-state index contributed by atoms with van der Waals surface area (Å²) in [6.07, 6.45) is 2.90. The van der Waals surface area contributed by atoms with E-state index in [1.807, 2.05) is 12.1 Å². The van der Waals surface area contributed by atoms with Crippen LogP contribution in [0.25, 0.3) is 0 Å². The molecule has 0 spiro atoms. The number of anilines is 1. The average molecular weight is 243 g/mol. The van der Waals surface area contributed by atoms with Crippen molar-refractivity contribution in [1.29, 1.82) is 5.26 Å². The summed E-state index contributed by atoms with van der Waals surface area (Å²) in [7, 11) is 0. The zero-order valence-electron chi connectivity index (χ0n) is 11.4. The molecule has 1 aliphatic heterocycles. The van der Waals surface area contributed by atoms with Gasteiger partial charge in [0.25, 0.3) is 0 Å². The fourth-order valence-corrected chi connectivity index (χ4v) is 3.00. The lowest BCUT2D eigenvalue weighted by Crippen LogP contribution is -2.41. The minimum Gasteiger partial charge on any atom is -0.356 e. The van der Waals surface area contributed by atoms with Crippen molar-refractivity contribution in [3.8, 4) is 6.07 Å². The van der Waals surface area contributed by atoms with Gasteiger partial charge in [0.05, 0.1) is 5.56 Å². The highest BCUT2D eigenvalue weighted by molar-refractivity contribution is 5.42. The summed E-state index contributed by atoms with van der Waals surface area (Å²) >= 11 is 0. The largest absolute Gasteiger partial charge is 0.356 e. The summed E-state index contributed by atoms with van der Waals surface area (Å²) in [5, 5.41) is 8.77. The predicted molar refractivity (Wildman–Crippen MR) is 73.3 cm³/mol. The molecule has 0 unspecified atom stereocenters. The first-order valence-electron chi connectivity index (χ1n) is 6.73. The maximum atomic E-state index is 8.77. The summed E-state index contributed by atoms with van der Waals surface area (Å²) in [6, 6.07) is 5.91. The zero-order chi connectivity index (χ0) is 13.1. The number of hydrogen-bond donors (Lipinski definition) is 0. The van der Waals surface area contributed by atoms with E-state index in [1.165, 1.54) is 6.42 Å². The second-order valence-corrected chi connectivity index (χ2v) is 5.64. The van der Waals surface area contributed by atoms with Gasteiger partial charge in [-0.05, 0) is 36.3 Å². The van der Waals surface area contributed by atoms with Crippen LogP contribution in [0.3, 0.4) is 0 Å². The van der Waals surface area contributed by atoms with Gasteiger partial charge < -0.3 is 4.90 Å². The Kier molecular flexibility index (Phi) is 3.86. The van der Waals surface area contributed by atoms with Crippen LogP contribution in [0.2, 0.25) is 0 Å². The van der Waals surface area contributed by atoms with Crippen LogP contribution >= 0.6 is 0 Å². The Morgan fingerprint density at radius 3 is 2.72 bits per heavy atom. The molecule has 0 aromatic carbocycles. The fourth-order valence-electron chi connectivity index (χ4n) is 3.00. The summed E-state index contributed by atoms with van der Waals surface area (Å²) < 4.78 is 0. The van der Waals surface area contributed by atoms with Crippen LogP contribution in [0.5, 0.6) is 0 Å². The monoisotopic (exact) mass is 243 g/mol. The van der Waals surface area contributed by atoms with Crippen molar-refractivity contribution >= 4 is 5.82 Å². The quantitative estimate of drug-likeness (QED) is 0.801. The second-order valence-electron chi connectivity index (χ2n) is 5.64. The van der Waals surface area contributed by atoms with Crippen LogP contribution in [0.4, 0.5) is 5.82 Å². The van der Waals surface area contributed by atoms with Crippen molar-refractivity contribution in [3.63, 3.8) is 0 Å². The van der Waals surface area contributed by atoms with Gasteiger partial charge in [0.1, 0.15) is 11.9 Å². The van der Waals surface area contributed by atoms with Gasteiger partial charge in [-0.15, -0.1) is 0 Å². The molecule has 0 bridgehead atoms. The molecule has 3 heteroatoms. The SMILES string of the molecule is CC(C)[C@H]1CCN(c2ccc(C#N)cn2)C[C@H]1C. The number of pyridine rings is 1. The second kappa shape index (κ2) is 5.39. The van der Waals surface area contributed by atoms with E-state index < -0.39 is 0 Å². The molecule has 0 amide bonds. The Morgan fingerprint density at radius 1 is 1.44 bits per heavy atom. The Balaban J connectivity index is 2.05. The van der Waals surface area contributed by atoms with Gasteiger partial charge in [0.2, 0.25) is 0 Å². The van der Waals surface area contributed by atoms with Gasteiger partial charge in [-0.2, -0.15) is 5.26 Å². The molecule has 1 fully saturated rings. The van der Waals surface area contributed by atoms with Gasteiger partial charge in [-0.1, -0.05) is 20.8 Å². The fraction of sp³-hybridized carbons (Fsp3) is 0.600. The number of nitrogens with zero attached hydrogens (tertiary/aromatic N) is 3. The van der Waals surface area contributed by atoms with Crippen molar-refractivity contribution in [2.24, 2.45) is 17.8 Å². The summed E-state index contributed by atoms with van der Waals surface area (Å²) in [6.45, 7) is 9.11. The maximum absolute atomic E-state index is 8.77. The van der Waals surface area contributed by atoms with Crippen molar-refractivity contribution < 1.29 is 0 Å².